The Morgan fingerprint density at radius 3 is 2.12 bits per heavy atom. The molecule has 0 heterocycles. The van der Waals surface area contributed by atoms with Crippen molar-refractivity contribution in [1.29, 1.82) is 0 Å². The number of hydrogen-bond donors (Lipinski definition) is 3. The standard InChI is InChI=1S/C25H41NO4S.2Na.2H/c1-3-4-5-6-7-8-9-12-20-15-17-21(18-16-20)22(26-23(19-31)25(28)29)13-10-11-14-24(27)30-2;;;;/h15-18,22-23,26,31H,3-14,19H2,1-2H3,(H,28,29);;;;/t22?,23-;;;;/m0..../s1. The summed E-state index contributed by atoms with van der Waals surface area (Å²) in [6.45, 7) is 2.24. The Kier molecular flexibility index (Phi) is 24.7. The van der Waals surface area contributed by atoms with Crippen molar-refractivity contribution in [2.24, 2.45) is 0 Å². The fourth-order valence-electron chi connectivity index (χ4n) is 3.71. The summed E-state index contributed by atoms with van der Waals surface area (Å²) in [7, 11) is 1.39. The molecule has 0 saturated heterocycles. The number of methoxy groups -OCH3 is 1. The third kappa shape index (κ3) is 16.7. The van der Waals surface area contributed by atoms with Gasteiger partial charge in [-0.1, -0.05) is 76.1 Å². The van der Waals surface area contributed by atoms with E-state index in [0.717, 1.165) is 31.2 Å². The predicted octanol–water partition coefficient (Wildman–Crippen LogP) is 4.43. The Balaban J connectivity index is 0. The monoisotopic (exact) mass is 499 g/mol. The van der Waals surface area contributed by atoms with Crippen molar-refractivity contribution in [3.05, 3.63) is 35.4 Å². The van der Waals surface area contributed by atoms with Crippen LogP contribution in [-0.4, -0.2) is 95.1 Å². The van der Waals surface area contributed by atoms with Crippen LogP contribution in [0.1, 0.15) is 94.7 Å². The number of aliphatic carboxylic acids is 1. The number of carbonyl (C=O) groups excluding carboxylic acids is 1. The Bertz CT molecular complexity index is 631. The molecule has 180 valence electrons. The van der Waals surface area contributed by atoms with Crippen LogP contribution < -0.4 is 5.32 Å². The Morgan fingerprint density at radius 1 is 0.970 bits per heavy atom. The molecule has 0 bridgehead atoms. The van der Waals surface area contributed by atoms with Crippen LogP contribution in [-0.2, 0) is 20.7 Å². The van der Waals surface area contributed by atoms with Crippen molar-refractivity contribution in [2.45, 2.75) is 96.1 Å². The average Bonchev–Trinajstić information content (AvgIpc) is 2.78. The van der Waals surface area contributed by atoms with Gasteiger partial charge in [0, 0.05) is 18.2 Å². The van der Waals surface area contributed by atoms with Gasteiger partial charge < -0.3 is 9.84 Å². The first-order valence-corrected chi connectivity index (χ1v) is 12.4. The molecule has 0 aliphatic carbocycles. The van der Waals surface area contributed by atoms with Crippen molar-refractivity contribution >= 4 is 83.7 Å². The number of hydrogen-bond acceptors (Lipinski definition) is 5. The molecule has 0 amide bonds. The van der Waals surface area contributed by atoms with E-state index in [-0.39, 0.29) is 76.9 Å². The number of thiol groups is 1. The van der Waals surface area contributed by atoms with Gasteiger partial charge in [0.1, 0.15) is 6.04 Å². The van der Waals surface area contributed by atoms with Gasteiger partial charge in [0.05, 0.1) is 7.11 Å². The molecule has 1 aromatic rings. The van der Waals surface area contributed by atoms with Crippen LogP contribution in [0, 0.1) is 0 Å². The number of unbranched alkanes of at least 4 members (excludes halogenated alkanes) is 7. The van der Waals surface area contributed by atoms with E-state index < -0.39 is 12.0 Å². The fraction of sp³-hybridized carbons (Fsp3) is 0.680. The second-order valence-corrected chi connectivity index (χ2v) is 8.59. The normalized spacial score (nSPS) is 12.2. The number of esters is 1. The van der Waals surface area contributed by atoms with Crippen molar-refractivity contribution in [3.8, 4) is 0 Å². The van der Waals surface area contributed by atoms with Crippen LogP contribution >= 0.6 is 12.6 Å². The number of carbonyl (C=O) groups is 2. The number of carboxylic acids is 1. The van der Waals surface area contributed by atoms with Gasteiger partial charge in [-0.2, -0.15) is 12.6 Å². The third-order valence-corrected chi connectivity index (χ3v) is 6.05. The van der Waals surface area contributed by atoms with Crippen LogP contribution in [0.5, 0.6) is 0 Å². The van der Waals surface area contributed by atoms with Gasteiger partial charge >= 0.3 is 71.1 Å². The number of rotatable bonds is 18. The molecule has 0 spiro atoms. The van der Waals surface area contributed by atoms with Gasteiger partial charge in [-0.3, -0.25) is 14.9 Å². The summed E-state index contributed by atoms with van der Waals surface area (Å²) in [5.41, 5.74) is 2.40. The third-order valence-electron chi connectivity index (χ3n) is 5.69. The summed E-state index contributed by atoms with van der Waals surface area (Å²) >= 11 is 4.18. The van der Waals surface area contributed by atoms with Gasteiger partial charge in [-0.25, -0.2) is 0 Å². The van der Waals surface area contributed by atoms with Crippen LogP contribution in [0.2, 0.25) is 0 Å². The minimum atomic E-state index is -0.898. The van der Waals surface area contributed by atoms with E-state index in [2.05, 4.69) is 49.1 Å². The molecule has 0 aliphatic rings. The molecule has 2 atom stereocenters. The molecule has 1 aromatic carbocycles. The van der Waals surface area contributed by atoms with Gasteiger partial charge in [-0.05, 0) is 36.8 Å². The van der Waals surface area contributed by atoms with Gasteiger partial charge in [0.2, 0.25) is 0 Å². The fourth-order valence-corrected chi connectivity index (χ4v) is 3.98. The first-order valence-electron chi connectivity index (χ1n) is 11.8. The first-order chi connectivity index (χ1) is 15.0. The Morgan fingerprint density at radius 2 is 1.58 bits per heavy atom. The quantitative estimate of drug-likeness (QED) is 0.121. The number of ether oxygens (including phenoxy) is 1. The van der Waals surface area contributed by atoms with E-state index in [1.165, 1.54) is 57.6 Å². The SMILES string of the molecule is CCCCCCCCCc1ccc(C(CCCCC(=O)OC)N[C@@H](CS)C(=O)O)cc1.[NaH].[NaH]. The summed E-state index contributed by atoms with van der Waals surface area (Å²) in [5, 5.41) is 12.6. The topological polar surface area (TPSA) is 75.6 Å². The van der Waals surface area contributed by atoms with Crippen LogP contribution in [0.15, 0.2) is 24.3 Å². The summed E-state index contributed by atoms with van der Waals surface area (Å²) in [6, 6.07) is 7.73. The minimum absolute atomic E-state index is 0. The summed E-state index contributed by atoms with van der Waals surface area (Å²) in [6.07, 6.45) is 12.9. The van der Waals surface area contributed by atoms with Gasteiger partial charge in [-0.15, -0.1) is 0 Å². The molecule has 0 aromatic heterocycles. The molecule has 0 saturated carbocycles. The zero-order valence-corrected chi connectivity index (χ0v) is 20.2. The molecule has 5 nitrogen and oxygen atoms in total. The molecule has 1 unspecified atom stereocenters. The number of aryl methyl sites for hydroxylation is 1. The second kappa shape index (κ2) is 22.9. The average molecular weight is 500 g/mol. The molecular formula is C25H43NNa2O4S. The zero-order chi connectivity index (χ0) is 22.9. The summed E-state index contributed by atoms with van der Waals surface area (Å²) in [4.78, 5) is 22.8. The molecule has 0 fully saturated rings. The molecule has 33 heavy (non-hydrogen) atoms. The van der Waals surface area contributed by atoms with Crippen molar-refractivity contribution in [1.82, 2.24) is 5.32 Å². The molecule has 0 aliphatic heterocycles. The first kappa shape index (κ1) is 35.6. The summed E-state index contributed by atoms with van der Waals surface area (Å²) in [5.74, 6) is -0.882. The van der Waals surface area contributed by atoms with Crippen molar-refractivity contribution in [3.63, 3.8) is 0 Å². The Hall–Kier alpha value is 0.470. The van der Waals surface area contributed by atoms with Crippen molar-refractivity contribution < 1.29 is 19.4 Å². The van der Waals surface area contributed by atoms with Crippen molar-refractivity contribution in [2.75, 3.05) is 12.9 Å². The second-order valence-electron chi connectivity index (χ2n) is 8.23. The molecule has 2 N–H and O–H groups in total. The number of nitrogens with one attached hydrogen (secondary N) is 1. The van der Waals surface area contributed by atoms with E-state index in [1.807, 2.05) is 0 Å². The molecule has 0 radical (unpaired) electrons. The van der Waals surface area contributed by atoms with E-state index >= 15 is 0 Å². The molecule has 8 heteroatoms. The number of carboxylic acid groups (broad SMARTS) is 1. The van der Waals surface area contributed by atoms with E-state index in [9.17, 15) is 14.7 Å². The van der Waals surface area contributed by atoms with E-state index in [4.69, 9.17) is 4.74 Å². The zero-order valence-electron chi connectivity index (χ0n) is 19.3. The van der Waals surface area contributed by atoms with Crippen LogP contribution in [0.3, 0.4) is 0 Å². The Labute approximate surface area is 250 Å². The molecular weight excluding hydrogens is 456 g/mol. The predicted molar refractivity (Wildman–Crippen MR) is 144 cm³/mol. The van der Waals surface area contributed by atoms with E-state index in [0.29, 0.717) is 6.42 Å². The molecule has 1 rings (SSSR count). The number of benzene rings is 1. The maximum atomic E-state index is 11.5. The van der Waals surface area contributed by atoms with Crippen LogP contribution in [0.4, 0.5) is 0 Å². The van der Waals surface area contributed by atoms with Gasteiger partial charge in [0.25, 0.3) is 0 Å². The maximum absolute atomic E-state index is 11.5. The van der Waals surface area contributed by atoms with E-state index in [1.54, 1.807) is 0 Å². The van der Waals surface area contributed by atoms with Crippen LogP contribution in [0.25, 0.3) is 0 Å². The summed E-state index contributed by atoms with van der Waals surface area (Å²) < 4.78 is 4.69. The van der Waals surface area contributed by atoms with Gasteiger partial charge in [0.15, 0.2) is 0 Å².